The smallest absolute Gasteiger partial charge is 0.465 e. The van der Waals surface area contributed by atoms with Gasteiger partial charge in [0.25, 0.3) is 0 Å². The first-order chi connectivity index (χ1) is 47.5. The van der Waals surface area contributed by atoms with Crippen LogP contribution in [-0.4, -0.2) is 146 Å². The lowest BCUT2D eigenvalue weighted by Gasteiger charge is -2.32. The van der Waals surface area contributed by atoms with Crippen molar-refractivity contribution in [2.75, 3.05) is 50.8 Å². The Morgan fingerprint density at radius 3 is 1.26 bits per heavy atom. The first kappa shape index (κ1) is 81.6. The molecule has 0 bridgehead atoms. The molecule has 2 saturated heterocycles. The molecule has 0 aliphatic carbocycles. The van der Waals surface area contributed by atoms with Crippen molar-refractivity contribution in [3.8, 4) is 0 Å². The number of ether oxygens (including phenoxy) is 6. The molecular formula is C75H95B2Br2FN6O16. The molecule has 5 aliphatic rings. The van der Waals surface area contributed by atoms with E-state index in [1.807, 2.05) is 152 Å². The standard InChI is InChI=1S/C27H35BN2O6.C21H23BrN2O4.C11H13NO2.C10H11BrFNO2.C6H13BO2/c1-25(2,3)34-24(32)22-20(28-35-26(4,5)27(6,7)36-28)12-13-21(29-22)30-15-14-17-10-9-11-18(19(17)16-30)23(31)33-8;1-21(2,3)28-20(26)18-16(22)8-9-17(23-18)24-11-10-13-6-5-7-14(15(13)12-24)19(25)27-4;1-14-11(13)9-4-2-3-8-5-6-12-7-10(8)9;1-10(2,3)15-9(14)8-6(11)4-5-7(12)13-8;1-5(2)6(3,4)9-7-8-5/h9-13H,14-16H2,1-8H3;5-9H,10-12H2,1-4H3;2-4,12H,5-7H2,1H3;4-5H,1-3H3;7H,1-4H3. The number of fused-ring (bicyclic) bond motifs is 3. The third-order valence-electron chi connectivity index (χ3n) is 17.7. The second-order valence-electron chi connectivity index (χ2n) is 29.7. The largest absolute Gasteiger partial charge is 0.497 e. The minimum Gasteiger partial charge on any atom is -0.465 e. The van der Waals surface area contributed by atoms with Crippen LogP contribution in [0.25, 0.3) is 0 Å². The molecule has 0 radical (unpaired) electrons. The molecule has 0 spiro atoms. The number of halogens is 3. The average Bonchev–Trinajstić information content (AvgIpc) is 1.59. The van der Waals surface area contributed by atoms with Gasteiger partial charge in [-0.2, -0.15) is 4.39 Å². The molecule has 22 nitrogen and oxygen atoms in total. The monoisotopic (exact) mass is 1530 g/mol. The van der Waals surface area contributed by atoms with E-state index in [0.29, 0.717) is 70.1 Å². The Morgan fingerprint density at radius 2 is 0.863 bits per heavy atom. The van der Waals surface area contributed by atoms with E-state index in [1.165, 1.54) is 33.0 Å². The highest BCUT2D eigenvalue weighted by atomic mass is 79.9. The van der Waals surface area contributed by atoms with Crippen LogP contribution in [-0.2, 0) is 85.9 Å². The third-order valence-corrected chi connectivity index (χ3v) is 19.0. The van der Waals surface area contributed by atoms with Crippen molar-refractivity contribution >= 4 is 99.6 Å². The van der Waals surface area contributed by atoms with Crippen LogP contribution in [0, 0.1) is 5.95 Å². The van der Waals surface area contributed by atoms with E-state index in [1.54, 1.807) is 39.0 Å². The van der Waals surface area contributed by atoms with Gasteiger partial charge in [-0.25, -0.2) is 43.7 Å². The maximum Gasteiger partial charge on any atom is 0.497 e. The summed E-state index contributed by atoms with van der Waals surface area (Å²) in [4.78, 5) is 90.1. The average molecular weight is 1540 g/mol. The maximum atomic E-state index is 13.3. The molecule has 102 heavy (non-hydrogen) atoms. The van der Waals surface area contributed by atoms with Crippen molar-refractivity contribution in [1.82, 2.24) is 20.3 Å². The van der Waals surface area contributed by atoms with Gasteiger partial charge in [0.2, 0.25) is 5.95 Å². The lowest BCUT2D eigenvalue weighted by Crippen LogP contribution is -2.41. The van der Waals surface area contributed by atoms with Gasteiger partial charge in [-0.05, 0) is 257 Å². The van der Waals surface area contributed by atoms with Crippen LogP contribution in [0.5, 0.6) is 0 Å². The van der Waals surface area contributed by atoms with E-state index in [0.717, 1.165) is 72.8 Å². The molecule has 11 rings (SSSR count). The van der Waals surface area contributed by atoms with E-state index < -0.39 is 59.0 Å². The summed E-state index contributed by atoms with van der Waals surface area (Å²) in [5, 5.41) is 3.25. The van der Waals surface area contributed by atoms with Gasteiger partial charge in [-0.1, -0.05) is 42.5 Å². The zero-order valence-corrected chi connectivity index (χ0v) is 65.4. The van der Waals surface area contributed by atoms with Crippen LogP contribution >= 0.6 is 31.9 Å². The third kappa shape index (κ3) is 21.0. The molecule has 3 aromatic carbocycles. The fourth-order valence-corrected chi connectivity index (χ4v) is 11.7. The molecule has 548 valence electrons. The van der Waals surface area contributed by atoms with E-state index in [-0.39, 0.29) is 46.2 Å². The van der Waals surface area contributed by atoms with Crippen LogP contribution in [0.15, 0.2) is 99.9 Å². The molecule has 6 aromatic rings. The van der Waals surface area contributed by atoms with Crippen molar-refractivity contribution in [2.24, 2.45) is 0 Å². The predicted molar refractivity (Wildman–Crippen MR) is 395 cm³/mol. The fraction of sp³-hybridized carbons (Fsp3) is 0.480. The fourth-order valence-electron chi connectivity index (χ4n) is 10.9. The number of nitrogens with zero attached hydrogens (tertiary/aromatic N) is 5. The van der Waals surface area contributed by atoms with Crippen LogP contribution in [0.1, 0.15) is 214 Å². The number of carbonyl (C=O) groups is 6. The van der Waals surface area contributed by atoms with Gasteiger partial charge in [0.05, 0.1) is 69.4 Å². The summed E-state index contributed by atoms with van der Waals surface area (Å²) in [6.07, 6.45) is 2.50. The van der Waals surface area contributed by atoms with Crippen molar-refractivity contribution in [2.45, 2.75) is 196 Å². The van der Waals surface area contributed by atoms with E-state index in [2.05, 4.69) is 63.0 Å². The van der Waals surface area contributed by atoms with E-state index >= 15 is 0 Å². The van der Waals surface area contributed by atoms with Gasteiger partial charge in [0.1, 0.15) is 28.4 Å². The summed E-state index contributed by atoms with van der Waals surface area (Å²) in [6, 6.07) is 27.1. The highest BCUT2D eigenvalue weighted by Gasteiger charge is 2.53. The number of carbonyl (C=O) groups excluding carboxylic acids is 6. The van der Waals surface area contributed by atoms with Crippen molar-refractivity contribution in [3.05, 3.63) is 173 Å². The number of rotatable bonds is 9. The first-order valence-corrected chi connectivity index (χ1v) is 35.2. The van der Waals surface area contributed by atoms with Crippen molar-refractivity contribution < 1.29 is 80.2 Å². The molecule has 0 amide bonds. The summed E-state index contributed by atoms with van der Waals surface area (Å²) in [6.45, 7) is 36.3. The molecule has 0 saturated carbocycles. The van der Waals surface area contributed by atoms with Gasteiger partial charge < -0.3 is 62.2 Å². The number of anilines is 2. The lowest BCUT2D eigenvalue weighted by atomic mass is 9.77. The lowest BCUT2D eigenvalue weighted by molar-refractivity contribution is 0.00488. The SMILES string of the molecule is CC(C)(C)OC(=O)c1nc(F)ccc1Br.CC1(C)OBOC1(C)C.COC(=O)c1cccc2c1CN(c1ccc(B3OC(C)(C)C(C)(C)O3)c(C(=O)OC(C)(C)C)n1)CC2.COC(=O)c1cccc2c1CN(c1ccc(Br)c(C(=O)OC(C)(C)C)n1)CC2.COC(=O)c1cccc2c1CNCC2. The number of benzene rings is 3. The molecule has 27 heteroatoms. The highest BCUT2D eigenvalue weighted by molar-refractivity contribution is 9.10. The Labute approximate surface area is 616 Å². The van der Waals surface area contributed by atoms with Gasteiger partial charge in [-0.3, -0.25) is 0 Å². The molecule has 5 aliphatic heterocycles. The summed E-state index contributed by atoms with van der Waals surface area (Å²) < 4.78 is 67.8. The maximum absolute atomic E-state index is 13.3. The number of nitrogens with one attached hydrogen (secondary N) is 1. The zero-order chi connectivity index (χ0) is 75.7. The van der Waals surface area contributed by atoms with Crippen molar-refractivity contribution in [1.29, 1.82) is 0 Å². The molecule has 0 unspecified atom stereocenters. The molecule has 8 heterocycles. The Kier molecular flexibility index (Phi) is 26.7. The van der Waals surface area contributed by atoms with Crippen LogP contribution < -0.4 is 20.6 Å². The Balaban J connectivity index is 0.000000194. The number of methoxy groups -OCH3 is 3. The van der Waals surface area contributed by atoms with Crippen LogP contribution in [0.3, 0.4) is 0 Å². The number of hydrogen-bond donors (Lipinski definition) is 1. The molecule has 0 atom stereocenters. The summed E-state index contributed by atoms with van der Waals surface area (Å²) >= 11 is 6.49. The van der Waals surface area contributed by atoms with Crippen LogP contribution in [0.4, 0.5) is 16.0 Å². The summed E-state index contributed by atoms with van der Waals surface area (Å²) in [7, 11) is 3.85. The number of pyridine rings is 3. The first-order valence-electron chi connectivity index (χ1n) is 33.6. The summed E-state index contributed by atoms with van der Waals surface area (Å²) in [5.41, 5.74) is 5.78. The second-order valence-corrected chi connectivity index (χ2v) is 31.4. The predicted octanol–water partition coefficient (Wildman–Crippen LogP) is 12.7. The normalized spacial score (nSPS) is 16.6. The van der Waals surface area contributed by atoms with Crippen LogP contribution in [0.2, 0.25) is 0 Å². The van der Waals surface area contributed by atoms with Gasteiger partial charge >= 0.3 is 50.6 Å². The molecule has 3 aromatic heterocycles. The minimum atomic E-state index is -0.757. The topological polar surface area (TPSA) is 252 Å². The Morgan fingerprint density at radius 1 is 0.490 bits per heavy atom. The Bertz CT molecular complexity index is 4030. The number of aromatic nitrogens is 3. The quantitative estimate of drug-likeness (QED) is 0.0611. The number of esters is 6. The molecule has 2 fully saturated rings. The Hall–Kier alpha value is -7.65. The second kappa shape index (κ2) is 33.4. The summed E-state index contributed by atoms with van der Waals surface area (Å²) in [5.74, 6) is -2.06. The van der Waals surface area contributed by atoms with Crippen molar-refractivity contribution in [3.63, 3.8) is 0 Å². The number of hydrogen-bond acceptors (Lipinski definition) is 22. The van der Waals surface area contributed by atoms with Gasteiger partial charge in [-0.15, -0.1) is 0 Å². The molecular weight excluding hydrogens is 1440 g/mol. The highest BCUT2D eigenvalue weighted by Crippen LogP contribution is 2.38. The van der Waals surface area contributed by atoms with Gasteiger partial charge in [0, 0.05) is 38.2 Å². The minimum absolute atomic E-state index is 0.0510. The zero-order valence-electron chi connectivity index (χ0n) is 62.2. The van der Waals surface area contributed by atoms with Gasteiger partial charge in [0.15, 0.2) is 17.1 Å². The molecule has 1 N–H and O–H groups in total. The van der Waals surface area contributed by atoms with E-state index in [9.17, 15) is 33.2 Å². The van der Waals surface area contributed by atoms with E-state index in [4.69, 9.17) is 52.0 Å².